The van der Waals surface area contributed by atoms with Crippen LogP contribution in [0.1, 0.15) is 10.4 Å². The SMILES string of the molecule is COC(=O)c1cc(O)cnc1Br. The van der Waals surface area contributed by atoms with Gasteiger partial charge in [0.25, 0.3) is 0 Å². The molecule has 1 rings (SSSR count). The van der Waals surface area contributed by atoms with Crippen LogP contribution in [0, 0.1) is 0 Å². The van der Waals surface area contributed by atoms with E-state index in [-0.39, 0.29) is 11.3 Å². The van der Waals surface area contributed by atoms with Crippen molar-refractivity contribution in [3.63, 3.8) is 0 Å². The van der Waals surface area contributed by atoms with Crippen LogP contribution in [0.4, 0.5) is 0 Å². The molecule has 0 spiro atoms. The van der Waals surface area contributed by atoms with Gasteiger partial charge in [0, 0.05) is 0 Å². The van der Waals surface area contributed by atoms with Crippen molar-refractivity contribution in [1.29, 1.82) is 0 Å². The molecule has 0 aromatic carbocycles. The number of aromatic hydroxyl groups is 1. The normalized spacial score (nSPS) is 9.50. The summed E-state index contributed by atoms with van der Waals surface area (Å²) in [5, 5.41) is 8.99. The largest absolute Gasteiger partial charge is 0.506 e. The average molecular weight is 232 g/mol. The zero-order valence-corrected chi connectivity index (χ0v) is 7.83. The minimum atomic E-state index is -0.537. The molecule has 0 aliphatic rings. The molecule has 0 fully saturated rings. The number of pyridine rings is 1. The van der Waals surface area contributed by atoms with E-state index in [0.29, 0.717) is 4.60 Å². The summed E-state index contributed by atoms with van der Waals surface area (Å²) in [5.74, 6) is -0.608. The summed E-state index contributed by atoms with van der Waals surface area (Å²) in [4.78, 5) is 14.7. The molecular formula is C7H6BrNO3. The Balaban J connectivity index is 3.13. The van der Waals surface area contributed by atoms with Crippen LogP contribution in [0.2, 0.25) is 0 Å². The van der Waals surface area contributed by atoms with E-state index in [1.807, 2.05) is 0 Å². The Morgan fingerprint density at radius 2 is 2.42 bits per heavy atom. The van der Waals surface area contributed by atoms with Crippen LogP contribution in [-0.2, 0) is 4.74 Å². The van der Waals surface area contributed by atoms with Crippen LogP contribution in [0.15, 0.2) is 16.9 Å². The summed E-state index contributed by atoms with van der Waals surface area (Å²) >= 11 is 3.05. The smallest absolute Gasteiger partial charge is 0.340 e. The van der Waals surface area contributed by atoms with Crippen LogP contribution in [0.5, 0.6) is 5.75 Å². The zero-order chi connectivity index (χ0) is 9.14. The van der Waals surface area contributed by atoms with Gasteiger partial charge in [-0.05, 0) is 22.0 Å². The first kappa shape index (κ1) is 8.99. The fraction of sp³-hybridized carbons (Fsp3) is 0.143. The Bertz CT molecular complexity index is 314. The zero-order valence-electron chi connectivity index (χ0n) is 6.24. The van der Waals surface area contributed by atoms with Crippen LogP contribution >= 0.6 is 15.9 Å². The Hall–Kier alpha value is -1.10. The summed E-state index contributed by atoms with van der Waals surface area (Å²) in [6.45, 7) is 0. The fourth-order valence-electron chi connectivity index (χ4n) is 0.690. The summed E-state index contributed by atoms with van der Waals surface area (Å²) in [6.07, 6.45) is 1.23. The number of hydrogen-bond acceptors (Lipinski definition) is 4. The van der Waals surface area contributed by atoms with Gasteiger partial charge in [0.05, 0.1) is 18.9 Å². The maximum absolute atomic E-state index is 11.0. The van der Waals surface area contributed by atoms with Crippen molar-refractivity contribution in [2.24, 2.45) is 0 Å². The molecule has 0 aliphatic heterocycles. The lowest BCUT2D eigenvalue weighted by Gasteiger charge is -2.00. The van der Waals surface area contributed by atoms with Crippen molar-refractivity contribution < 1.29 is 14.6 Å². The second-order valence-electron chi connectivity index (χ2n) is 2.02. The number of methoxy groups -OCH3 is 1. The molecule has 0 aliphatic carbocycles. The minimum absolute atomic E-state index is 0.0707. The fourth-order valence-corrected chi connectivity index (χ4v) is 1.07. The lowest BCUT2D eigenvalue weighted by atomic mass is 10.3. The lowest BCUT2D eigenvalue weighted by molar-refractivity contribution is 0.0598. The third-order valence-corrected chi connectivity index (χ3v) is 1.86. The summed E-state index contributed by atoms with van der Waals surface area (Å²) in [5.41, 5.74) is 0.206. The second kappa shape index (κ2) is 3.53. The van der Waals surface area contributed by atoms with E-state index in [9.17, 15) is 4.79 Å². The lowest BCUT2D eigenvalue weighted by Crippen LogP contribution is -2.02. The number of halogens is 1. The van der Waals surface area contributed by atoms with E-state index < -0.39 is 5.97 Å². The van der Waals surface area contributed by atoms with Crippen LogP contribution in [-0.4, -0.2) is 23.2 Å². The van der Waals surface area contributed by atoms with E-state index in [2.05, 4.69) is 25.7 Å². The van der Waals surface area contributed by atoms with Gasteiger partial charge in [-0.3, -0.25) is 0 Å². The summed E-state index contributed by atoms with van der Waals surface area (Å²) in [7, 11) is 1.26. The third-order valence-electron chi connectivity index (χ3n) is 1.23. The Morgan fingerprint density at radius 3 is 3.00 bits per heavy atom. The van der Waals surface area contributed by atoms with Gasteiger partial charge in [-0.15, -0.1) is 0 Å². The molecule has 5 heteroatoms. The average Bonchev–Trinajstić information content (AvgIpc) is 2.08. The Kier molecular flexibility index (Phi) is 2.65. The predicted molar refractivity (Wildman–Crippen MR) is 44.9 cm³/mol. The molecule has 64 valence electrons. The molecule has 0 atom stereocenters. The van der Waals surface area contributed by atoms with Crippen molar-refractivity contribution in [2.45, 2.75) is 0 Å². The van der Waals surface area contributed by atoms with Crippen LogP contribution in [0.3, 0.4) is 0 Å². The molecule has 4 nitrogen and oxygen atoms in total. The molecule has 0 unspecified atom stereocenters. The van der Waals surface area contributed by atoms with Gasteiger partial charge in [-0.2, -0.15) is 0 Å². The third kappa shape index (κ3) is 1.73. The van der Waals surface area contributed by atoms with Crippen molar-refractivity contribution in [3.8, 4) is 5.75 Å². The number of rotatable bonds is 1. The number of ether oxygens (including phenoxy) is 1. The van der Waals surface area contributed by atoms with E-state index >= 15 is 0 Å². The van der Waals surface area contributed by atoms with Crippen LogP contribution in [0.25, 0.3) is 0 Å². The molecule has 1 N–H and O–H groups in total. The first-order chi connectivity index (χ1) is 5.65. The molecule has 12 heavy (non-hydrogen) atoms. The highest BCUT2D eigenvalue weighted by molar-refractivity contribution is 9.10. The van der Waals surface area contributed by atoms with Crippen molar-refractivity contribution in [3.05, 3.63) is 22.4 Å². The van der Waals surface area contributed by atoms with Gasteiger partial charge in [0.2, 0.25) is 0 Å². The quantitative estimate of drug-likeness (QED) is 0.586. The maximum Gasteiger partial charge on any atom is 0.340 e. The van der Waals surface area contributed by atoms with E-state index in [0.717, 1.165) is 0 Å². The van der Waals surface area contributed by atoms with Crippen LogP contribution < -0.4 is 0 Å². The molecule has 0 saturated heterocycles. The molecule has 0 saturated carbocycles. The summed E-state index contributed by atoms with van der Waals surface area (Å²) < 4.78 is 4.81. The molecule has 0 bridgehead atoms. The van der Waals surface area contributed by atoms with E-state index in [4.69, 9.17) is 5.11 Å². The molecular weight excluding hydrogens is 226 g/mol. The molecule has 0 radical (unpaired) electrons. The number of aromatic nitrogens is 1. The number of nitrogens with zero attached hydrogens (tertiary/aromatic N) is 1. The number of hydrogen-bond donors (Lipinski definition) is 1. The number of carbonyl (C=O) groups is 1. The first-order valence-electron chi connectivity index (χ1n) is 3.08. The van der Waals surface area contributed by atoms with Gasteiger partial charge >= 0.3 is 5.97 Å². The first-order valence-corrected chi connectivity index (χ1v) is 3.87. The van der Waals surface area contributed by atoms with Gasteiger partial charge in [0.1, 0.15) is 10.4 Å². The van der Waals surface area contributed by atoms with Gasteiger partial charge in [0.15, 0.2) is 0 Å². The highest BCUT2D eigenvalue weighted by Crippen LogP contribution is 2.18. The van der Waals surface area contributed by atoms with Gasteiger partial charge < -0.3 is 9.84 Å². The maximum atomic E-state index is 11.0. The van der Waals surface area contributed by atoms with E-state index in [1.54, 1.807) is 0 Å². The highest BCUT2D eigenvalue weighted by atomic mass is 79.9. The van der Waals surface area contributed by atoms with Crippen molar-refractivity contribution in [2.75, 3.05) is 7.11 Å². The van der Waals surface area contributed by atoms with Gasteiger partial charge in [-0.25, -0.2) is 9.78 Å². The van der Waals surface area contributed by atoms with Gasteiger partial charge in [-0.1, -0.05) is 0 Å². The monoisotopic (exact) mass is 231 g/mol. The van der Waals surface area contributed by atoms with Crippen molar-refractivity contribution >= 4 is 21.9 Å². The molecule has 1 aromatic heterocycles. The molecule has 1 aromatic rings. The summed E-state index contributed by atoms with van der Waals surface area (Å²) in [6, 6.07) is 1.28. The Labute approximate surface area is 77.3 Å². The number of carbonyl (C=O) groups excluding carboxylic acids is 1. The predicted octanol–water partition coefficient (Wildman–Crippen LogP) is 1.34. The molecule has 1 heterocycles. The highest BCUT2D eigenvalue weighted by Gasteiger charge is 2.11. The topological polar surface area (TPSA) is 59.4 Å². The standard InChI is InChI=1S/C7H6BrNO3/c1-12-7(11)5-2-4(10)3-9-6(5)8/h2-3,10H,1H3. The number of esters is 1. The van der Waals surface area contributed by atoms with Crippen molar-refractivity contribution in [1.82, 2.24) is 4.98 Å². The minimum Gasteiger partial charge on any atom is -0.506 e. The van der Waals surface area contributed by atoms with E-state index in [1.165, 1.54) is 19.4 Å². The Morgan fingerprint density at radius 1 is 1.75 bits per heavy atom. The molecule has 0 amide bonds. The second-order valence-corrected chi connectivity index (χ2v) is 2.77.